The maximum atomic E-state index is 12.8. The summed E-state index contributed by atoms with van der Waals surface area (Å²) in [6, 6.07) is 7.04. The number of hydrogen-bond donors (Lipinski definition) is 2. The average Bonchev–Trinajstić information content (AvgIpc) is 2.72. The highest BCUT2D eigenvalue weighted by atomic mass is 19.4. The number of nitrogens with one attached hydrogen (secondary N) is 1. The second-order valence-electron chi connectivity index (χ2n) is 7.06. The minimum Gasteiger partial charge on any atom is -0.406 e. The van der Waals surface area contributed by atoms with Crippen LogP contribution in [0.4, 0.5) is 30.4 Å². The number of aromatic nitrogens is 1. The van der Waals surface area contributed by atoms with Gasteiger partial charge in [0, 0.05) is 44.1 Å². The molecule has 2 amide bonds. The Morgan fingerprint density at radius 1 is 1.32 bits per heavy atom. The third-order valence-corrected chi connectivity index (χ3v) is 5.15. The van der Waals surface area contributed by atoms with E-state index in [0.717, 1.165) is 17.8 Å². The Balaban J connectivity index is 1.64. The van der Waals surface area contributed by atoms with Crippen LogP contribution in [-0.4, -0.2) is 54.7 Å². The van der Waals surface area contributed by atoms with E-state index in [4.69, 9.17) is 5.73 Å². The Hall–Kier alpha value is -3.50. The first-order valence-electron chi connectivity index (χ1n) is 9.52. The predicted molar refractivity (Wildman–Crippen MR) is 109 cm³/mol. The summed E-state index contributed by atoms with van der Waals surface area (Å²) in [6.07, 6.45) is -1.36. The summed E-state index contributed by atoms with van der Waals surface area (Å²) in [5.41, 5.74) is 6.62. The fourth-order valence-electron chi connectivity index (χ4n) is 3.60. The fourth-order valence-corrected chi connectivity index (χ4v) is 3.60. The lowest BCUT2D eigenvalue weighted by Crippen LogP contribution is -2.46. The average molecular weight is 437 g/mol. The minimum atomic E-state index is -4.83. The van der Waals surface area contributed by atoms with Crippen molar-refractivity contribution in [2.75, 3.05) is 36.1 Å². The number of nitrogens with zero attached hydrogens (tertiary/aromatic N) is 3. The molecular formula is C20H22F3N5O3. The summed E-state index contributed by atoms with van der Waals surface area (Å²) < 4.78 is 40.9. The molecule has 2 heterocycles. The molecule has 0 spiro atoms. The van der Waals surface area contributed by atoms with Gasteiger partial charge in [0.1, 0.15) is 5.75 Å². The monoisotopic (exact) mass is 437 g/mol. The number of nitrogens with two attached hydrogens (primary N) is 1. The van der Waals surface area contributed by atoms with E-state index in [0.29, 0.717) is 38.2 Å². The first-order valence-corrected chi connectivity index (χ1v) is 9.52. The van der Waals surface area contributed by atoms with Gasteiger partial charge in [-0.1, -0.05) is 0 Å². The molecule has 11 heteroatoms. The van der Waals surface area contributed by atoms with E-state index >= 15 is 0 Å². The number of hydrogen-bond acceptors (Lipinski definition) is 6. The number of carbonyl (C=O) groups is 2. The summed E-state index contributed by atoms with van der Waals surface area (Å²) in [5, 5.41) is 2.58. The largest absolute Gasteiger partial charge is 0.573 e. The number of benzene rings is 1. The van der Waals surface area contributed by atoms with Crippen LogP contribution in [0.5, 0.6) is 5.75 Å². The van der Waals surface area contributed by atoms with Crippen molar-refractivity contribution in [2.24, 2.45) is 0 Å². The highest BCUT2D eigenvalue weighted by molar-refractivity contribution is 5.99. The lowest BCUT2D eigenvalue weighted by Gasteiger charge is -2.38. The molecule has 8 nitrogen and oxygen atoms in total. The van der Waals surface area contributed by atoms with Crippen molar-refractivity contribution in [3.05, 3.63) is 42.1 Å². The van der Waals surface area contributed by atoms with Crippen molar-refractivity contribution in [1.82, 2.24) is 9.88 Å². The van der Waals surface area contributed by atoms with Crippen LogP contribution in [0, 0.1) is 0 Å². The molecule has 2 aromatic rings. The molecule has 1 fully saturated rings. The van der Waals surface area contributed by atoms with Crippen molar-refractivity contribution in [2.45, 2.75) is 25.2 Å². The second kappa shape index (κ2) is 9.11. The Morgan fingerprint density at radius 3 is 2.65 bits per heavy atom. The topological polar surface area (TPSA) is 101 Å². The SMILES string of the molecule is CN(c1cccnc1NC=O)C1CCN(C(=O)c2ccc(OC(F)(F)F)cc2N)CC1. The van der Waals surface area contributed by atoms with Gasteiger partial charge < -0.3 is 25.6 Å². The number of ether oxygens (including phenoxy) is 1. The van der Waals surface area contributed by atoms with Crippen LogP contribution in [0.2, 0.25) is 0 Å². The number of piperidine rings is 1. The molecule has 3 N–H and O–H groups in total. The van der Waals surface area contributed by atoms with Gasteiger partial charge in [-0.15, -0.1) is 13.2 Å². The molecule has 0 aliphatic carbocycles. The summed E-state index contributed by atoms with van der Waals surface area (Å²) in [4.78, 5) is 31.4. The normalized spacial score (nSPS) is 14.8. The van der Waals surface area contributed by atoms with E-state index in [9.17, 15) is 22.8 Å². The number of halogens is 3. The molecule has 0 saturated carbocycles. The zero-order valence-corrected chi connectivity index (χ0v) is 16.7. The molecule has 0 radical (unpaired) electrons. The lowest BCUT2D eigenvalue weighted by atomic mass is 10.0. The molecule has 1 aliphatic heterocycles. The standard InChI is InChI=1S/C20H22F3N5O3/c1-27(17-3-2-8-25-18(17)26-12-29)13-6-9-28(10-7-13)19(30)15-5-4-14(11-16(15)24)31-20(21,22)23/h2-5,8,11-13H,6-7,9-10,24H2,1H3,(H,25,26,29). The number of amides is 2. The molecule has 0 unspecified atom stereocenters. The van der Waals surface area contributed by atoms with Crippen LogP contribution in [0.25, 0.3) is 0 Å². The van der Waals surface area contributed by atoms with Crippen LogP contribution >= 0.6 is 0 Å². The van der Waals surface area contributed by atoms with Crippen molar-refractivity contribution in [1.29, 1.82) is 0 Å². The zero-order chi connectivity index (χ0) is 22.6. The van der Waals surface area contributed by atoms with E-state index in [-0.39, 0.29) is 23.2 Å². The lowest BCUT2D eigenvalue weighted by molar-refractivity contribution is -0.274. The third-order valence-electron chi connectivity index (χ3n) is 5.15. The van der Waals surface area contributed by atoms with Crippen molar-refractivity contribution >= 4 is 29.5 Å². The van der Waals surface area contributed by atoms with Gasteiger partial charge in [0.2, 0.25) is 6.41 Å². The van der Waals surface area contributed by atoms with Crippen LogP contribution in [0.15, 0.2) is 36.5 Å². The molecule has 0 bridgehead atoms. The van der Waals surface area contributed by atoms with E-state index in [1.165, 1.54) is 6.07 Å². The van der Waals surface area contributed by atoms with Crippen LogP contribution in [-0.2, 0) is 4.79 Å². The summed E-state index contributed by atoms with van der Waals surface area (Å²) in [7, 11) is 1.90. The molecular weight excluding hydrogens is 415 g/mol. The van der Waals surface area contributed by atoms with Gasteiger partial charge in [-0.05, 0) is 37.1 Å². The quantitative estimate of drug-likeness (QED) is 0.533. The Kier molecular flexibility index (Phi) is 6.52. The molecule has 1 aromatic heterocycles. The Labute approximate surface area is 176 Å². The van der Waals surface area contributed by atoms with Gasteiger partial charge in [0.25, 0.3) is 5.91 Å². The highest BCUT2D eigenvalue weighted by Crippen LogP contribution is 2.30. The second-order valence-corrected chi connectivity index (χ2v) is 7.06. The van der Waals surface area contributed by atoms with Crippen LogP contribution in [0.3, 0.4) is 0 Å². The van der Waals surface area contributed by atoms with Crippen LogP contribution in [0.1, 0.15) is 23.2 Å². The van der Waals surface area contributed by atoms with Gasteiger partial charge >= 0.3 is 6.36 Å². The molecule has 166 valence electrons. The van der Waals surface area contributed by atoms with E-state index in [1.807, 2.05) is 18.0 Å². The van der Waals surface area contributed by atoms with Gasteiger partial charge in [-0.2, -0.15) is 0 Å². The Morgan fingerprint density at radius 2 is 2.03 bits per heavy atom. The molecule has 31 heavy (non-hydrogen) atoms. The number of alkyl halides is 3. The van der Waals surface area contributed by atoms with Gasteiger partial charge in [0.15, 0.2) is 5.82 Å². The van der Waals surface area contributed by atoms with Gasteiger partial charge in [-0.3, -0.25) is 9.59 Å². The van der Waals surface area contributed by atoms with Crippen LogP contribution < -0.4 is 20.7 Å². The molecule has 0 atom stereocenters. The third kappa shape index (κ3) is 5.36. The minimum absolute atomic E-state index is 0.0778. The summed E-state index contributed by atoms with van der Waals surface area (Å²) in [5.74, 6) is -0.368. The van der Waals surface area contributed by atoms with Gasteiger partial charge in [-0.25, -0.2) is 4.98 Å². The summed E-state index contributed by atoms with van der Waals surface area (Å²) >= 11 is 0. The summed E-state index contributed by atoms with van der Waals surface area (Å²) in [6.45, 7) is 0.898. The van der Waals surface area contributed by atoms with E-state index < -0.39 is 12.1 Å². The molecule has 1 aromatic carbocycles. The fraction of sp³-hybridized carbons (Fsp3) is 0.350. The van der Waals surface area contributed by atoms with Crippen molar-refractivity contribution in [3.8, 4) is 5.75 Å². The number of anilines is 3. The number of nitrogen functional groups attached to an aromatic ring is 1. The number of rotatable bonds is 6. The first kappa shape index (κ1) is 22.2. The Bertz CT molecular complexity index is 946. The first-order chi connectivity index (χ1) is 14.7. The van der Waals surface area contributed by atoms with Crippen molar-refractivity contribution in [3.63, 3.8) is 0 Å². The maximum Gasteiger partial charge on any atom is 0.573 e. The van der Waals surface area contributed by atoms with Gasteiger partial charge in [0.05, 0.1) is 11.3 Å². The maximum absolute atomic E-state index is 12.8. The van der Waals surface area contributed by atoms with Crippen molar-refractivity contribution < 1.29 is 27.5 Å². The predicted octanol–water partition coefficient (Wildman–Crippen LogP) is 2.87. The molecule has 3 rings (SSSR count). The van der Waals surface area contributed by atoms with E-state index in [1.54, 1.807) is 17.2 Å². The number of likely N-dealkylation sites (tertiary alicyclic amines) is 1. The number of pyridine rings is 1. The molecule has 1 saturated heterocycles. The highest BCUT2D eigenvalue weighted by Gasteiger charge is 2.32. The molecule has 1 aliphatic rings. The van der Waals surface area contributed by atoms with E-state index in [2.05, 4.69) is 15.0 Å². The smallest absolute Gasteiger partial charge is 0.406 e. The number of carbonyl (C=O) groups excluding carboxylic acids is 2. The zero-order valence-electron chi connectivity index (χ0n) is 16.7.